The number of nitrogens with one attached hydrogen (secondary N) is 1. The van der Waals surface area contributed by atoms with Gasteiger partial charge >= 0.3 is 0 Å². The Morgan fingerprint density at radius 2 is 2.00 bits per heavy atom. The van der Waals surface area contributed by atoms with Gasteiger partial charge in [-0.05, 0) is 26.3 Å². The molecule has 0 radical (unpaired) electrons. The Bertz CT molecular complexity index is 602. The van der Waals surface area contributed by atoms with Crippen molar-refractivity contribution < 1.29 is 14.4 Å². The molecule has 2 rings (SSSR count). The molecule has 1 unspecified atom stereocenters. The topological polar surface area (TPSA) is 75.4 Å². The Balaban J connectivity index is 2.14. The van der Waals surface area contributed by atoms with Crippen molar-refractivity contribution in [2.24, 2.45) is 0 Å². The van der Waals surface area contributed by atoms with Gasteiger partial charge in [0.25, 0.3) is 0 Å². The van der Waals surface area contributed by atoms with E-state index in [0.717, 1.165) is 11.1 Å². The van der Waals surface area contributed by atoms with Crippen molar-refractivity contribution in [2.45, 2.75) is 32.7 Å². The van der Waals surface area contributed by atoms with E-state index in [1.165, 1.54) is 0 Å². The summed E-state index contributed by atoms with van der Waals surface area (Å²) < 4.78 is 5.06. The number of hydrogen-bond donors (Lipinski definition) is 2. The first-order valence-corrected chi connectivity index (χ1v) is 6.85. The molecule has 1 atom stereocenters. The van der Waals surface area contributed by atoms with E-state index in [2.05, 4.69) is 10.5 Å². The van der Waals surface area contributed by atoms with Crippen molar-refractivity contribution in [2.75, 3.05) is 6.61 Å². The van der Waals surface area contributed by atoms with Gasteiger partial charge in [-0.25, -0.2) is 0 Å². The van der Waals surface area contributed by atoms with Crippen LogP contribution in [0.3, 0.4) is 0 Å². The molecular formula is C16H20N2O3. The summed E-state index contributed by atoms with van der Waals surface area (Å²) in [4.78, 5) is 12.3. The van der Waals surface area contributed by atoms with E-state index in [0.29, 0.717) is 11.5 Å². The molecule has 0 bridgehead atoms. The summed E-state index contributed by atoms with van der Waals surface area (Å²) in [5.74, 6) is 0.470. The zero-order chi connectivity index (χ0) is 15.5. The average molecular weight is 288 g/mol. The van der Waals surface area contributed by atoms with Crippen LogP contribution in [0.2, 0.25) is 0 Å². The monoisotopic (exact) mass is 288 g/mol. The van der Waals surface area contributed by atoms with E-state index in [1.54, 1.807) is 13.8 Å². The molecule has 112 valence electrons. The first kappa shape index (κ1) is 15.3. The highest BCUT2D eigenvalue weighted by Gasteiger charge is 2.28. The van der Waals surface area contributed by atoms with Gasteiger partial charge in [-0.15, -0.1) is 0 Å². The smallest absolute Gasteiger partial charge is 0.225 e. The van der Waals surface area contributed by atoms with Crippen molar-refractivity contribution in [1.29, 1.82) is 0 Å². The second kappa shape index (κ2) is 6.10. The number of aliphatic hydroxyl groups is 1. The van der Waals surface area contributed by atoms with Gasteiger partial charge in [0.2, 0.25) is 5.91 Å². The van der Waals surface area contributed by atoms with Gasteiger partial charge in [-0.1, -0.05) is 35.5 Å². The number of nitrogens with zero attached hydrogens (tertiary/aromatic N) is 1. The molecule has 0 aliphatic heterocycles. The highest BCUT2D eigenvalue weighted by Crippen LogP contribution is 2.20. The molecule has 2 N–H and O–H groups in total. The molecule has 5 heteroatoms. The molecule has 1 heterocycles. The molecule has 21 heavy (non-hydrogen) atoms. The summed E-state index contributed by atoms with van der Waals surface area (Å²) in [6.07, 6.45) is 0.184. The number of aliphatic hydroxyl groups excluding tert-OH is 1. The third kappa shape index (κ3) is 3.31. The summed E-state index contributed by atoms with van der Waals surface area (Å²) >= 11 is 0. The van der Waals surface area contributed by atoms with Crippen LogP contribution in [-0.2, 0) is 16.8 Å². The van der Waals surface area contributed by atoms with Crippen LogP contribution in [0.15, 0.2) is 34.9 Å². The van der Waals surface area contributed by atoms with Crippen molar-refractivity contribution in [3.8, 4) is 0 Å². The van der Waals surface area contributed by atoms with Crippen LogP contribution in [-0.4, -0.2) is 22.8 Å². The molecule has 0 saturated heterocycles. The molecule has 1 aromatic carbocycles. The SMILES string of the molecule is Cc1noc(C)c1CC(=O)NC(C)(CO)c1ccccc1. The summed E-state index contributed by atoms with van der Waals surface area (Å²) in [5, 5.41) is 16.4. The molecule has 0 aliphatic rings. The van der Waals surface area contributed by atoms with Gasteiger partial charge < -0.3 is 14.9 Å². The molecular weight excluding hydrogens is 268 g/mol. The van der Waals surface area contributed by atoms with E-state index >= 15 is 0 Å². The highest BCUT2D eigenvalue weighted by atomic mass is 16.5. The van der Waals surface area contributed by atoms with Crippen LogP contribution in [0.5, 0.6) is 0 Å². The van der Waals surface area contributed by atoms with E-state index in [9.17, 15) is 9.90 Å². The normalized spacial score (nSPS) is 13.7. The van der Waals surface area contributed by atoms with E-state index in [-0.39, 0.29) is 18.9 Å². The molecule has 0 aliphatic carbocycles. The second-order valence-electron chi connectivity index (χ2n) is 5.38. The molecule has 0 saturated carbocycles. The Hall–Kier alpha value is -2.14. The highest BCUT2D eigenvalue weighted by molar-refractivity contribution is 5.80. The lowest BCUT2D eigenvalue weighted by Crippen LogP contribution is -2.47. The molecule has 2 aromatic rings. The predicted octanol–water partition coefficient (Wildman–Crippen LogP) is 1.86. The number of aryl methyl sites for hydroxylation is 2. The Kier molecular flexibility index (Phi) is 4.43. The van der Waals surface area contributed by atoms with Crippen molar-refractivity contribution >= 4 is 5.91 Å². The Morgan fingerprint density at radius 1 is 1.33 bits per heavy atom. The van der Waals surface area contributed by atoms with E-state index in [4.69, 9.17) is 4.52 Å². The molecule has 0 fully saturated rings. The number of carbonyl (C=O) groups is 1. The van der Waals surface area contributed by atoms with Gasteiger partial charge in [0.05, 0.1) is 24.3 Å². The number of benzene rings is 1. The lowest BCUT2D eigenvalue weighted by Gasteiger charge is -2.29. The second-order valence-corrected chi connectivity index (χ2v) is 5.38. The maximum atomic E-state index is 12.3. The molecule has 1 amide bonds. The van der Waals surface area contributed by atoms with Crippen molar-refractivity contribution in [3.05, 3.63) is 52.9 Å². The van der Waals surface area contributed by atoms with Crippen molar-refractivity contribution in [3.63, 3.8) is 0 Å². The third-order valence-corrected chi connectivity index (χ3v) is 3.66. The Morgan fingerprint density at radius 3 is 2.52 bits per heavy atom. The standard InChI is InChI=1S/C16H20N2O3/c1-11-14(12(2)21-18-11)9-15(20)17-16(3,10-19)13-7-5-4-6-8-13/h4-8,19H,9-10H2,1-3H3,(H,17,20). The number of carbonyl (C=O) groups excluding carboxylic acids is 1. The summed E-state index contributed by atoms with van der Waals surface area (Å²) in [6.45, 7) is 5.21. The molecule has 0 spiro atoms. The van der Waals surface area contributed by atoms with Crippen LogP contribution >= 0.6 is 0 Å². The first-order chi connectivity index (χ1) is 9.96. The maximum absolute atomic E-state index is 12.3. The Labute approximate surface area is 124 Å². The van der Waals surface area contributed by atoms with Gasteiger partial charge in [-0.3, -0.25) is 4.79 Å². The number of hydrogen-bond acceptors (Lipinski definition) is 4. The summed E-state index contributed by atoms with van der Waals surface area (Å²) in [6, 6.07) is 9.42. The maximum Gasteiger partial charge on any atom is 0.225 e. The minimum atomic E-state index is -0.808. The lowest BCUT2D eigenvalue weighted by atomic mass is 9.92. The van der Waals surface area contributed by atoms with E-state index in [1.807, 2.05) is 37.3 Å². The van der Waals surface area contributed by atoms with Crippen LogP contribution in [0, 0.1) is 13.8 Å². The summed E-state index contributed by atoms with van der Waals surface area (Å²) in [7, 11) is 0. The fourth-order valence-corrected chi connectivity index (χ4v) is 2.28. The number of amides is 1. The first-order valence-electron chi connectivity index (χ1n) is 6.85. The van der Waals surface area contributed by atoms with Crippen LogP contribution in [0.1, 0.15) is 29.5 Å². The summed E-state index contributed by atoms with van der Waals surface area (Å²) in [5.41, 5.74) is 1.56. The fraction of sp³-hybridized carbons (Fsp3) is 0.375. The predicted molar refractivity (Wildman–Crippen MR) is 78.7 cm³/mol. The third-order valence-electron chi connectivity index (χ3n) is 3.66. The minimum absolute atomic E-state index is 0.176. The zero-order valence-corrected chi connectivity index (χ0v) is 12.5. The fourth-order valence-electron chi connectivity index (χ4n) is 2.28. The van der Waals surface area contributed by atoms with E-state index < -0.39 is 5.54 Å². The van der Waals surface area contributed by atoms with Gasteiger partial charge in [0, 0.05) is 5.56 Å². The van der Waals surface area contributed by atoms with Crippen LogP contribution < -0.4 is 5.32 Å². The number of rotatable bonds is 5. The molecule has 5 nitrogen and oxygen atoms in total. The van der Waals surface area contributed by atoms with Gasteiger partial charge in [0.1, 0.15) is 5.76 Å². The van der Waals surface area contributed by atoms with Crippen LogP contribution in [0.25, 0.3) is 0 Å². The molecule has 1 aromatic heterocycles. The van der Waals surface area contributed by atoms with Crippen LogP contribution in [0.4, 0.5) is 0 Å². The number of aromatic nitrogens is 1. The quantitative estimate of drug-likeness (QED) is 0.880. The van der Waals surface area contributed by atoms with Gasteiger partial charge in [-0.2, -0.15) is 0 Å². The largest absolute Gasteiger partial charge is 0.394 e. The zero-order valence-electron chi connectivity index (χ0n) is 12.5. The van der Waals surface area contributed by atoms with Gasteiger partial charge in [0.15, 0.2) is 0 Å². The average Bonchev–Trinajstić information content (AvgIpc) is 2.80. The minimum Gasteiger partial charge on any atom is -0.394 e. The van der Waals surface area contributed by atoms with Crippen molar-refractivity contribution in [1.82, 2.24) is 10.5 Å². The lowest BCUT2D eigenvalue weighted by molar-refractivity contribution is -0.122.